The number of likely N-dealkylation sites (tertiary alicyclic amines) is 1. The van der Waals surface area contributed by atoms with Gasteiger partial charge in [-0.15, -0.1) is 5.10 Å². The van der Waals surface area contributed by atoms with E-state index in [9.17, 15) is 14.4 Å². The molecule has 1 aliphatic heterocycles. The molecular weight excluding hydrogens is 372 g/mol. The SMILES string of the molecule is O=C(Nc1nnc(CN2C(=O)CCC2=O)o1)c1ccc(Cc2ccccc2)cc1. The number of carbonyl (C=O) groups is 3. The van der Waals surface area contributed by atoms with E-state index < -0.39 is 0 Å². The molecule has 29 heavy (non-hydrogen) atoms. The molecule has 1 aliphatic rings. The molecule has 3 amide bonds. The molecule has 146 valence electrons. The van der Waals surface area contributed by atoms with Crippen LogP contribution in [0.3, 0.4) is 0 Å². The fourth-order valence-corrected chi connectivity index (χ4v) is 3.08. The Labute approximate surface area is 166 Å². The van der Waals surface area contributed by atoms with Gasteiger partial charge in [0.1, 0.15) is 6.54 Å². The van der Waals surface area contributed by atoms with E-state index in [4.69, 9.17) is 4.42 Å². The maximum atomic E-state index is 12.4. The highest BCUT2D eigenvalue weighted by atomic mass is 16.4. The zero-order chi connectivity index (χ0) is 20.2. The second kappa shape index (κ2) is 8.05. The number of rotatable bonds is 6. The van der Waals surface area contributed by atoms with Crippen LogP contribution in [0.2, 0.25) is 0 Å². The summed E-state index contributed by atoms with van der Waals surface area (Å²) >= 11 is 0. The average Bonchev–Trinajstić information content (AvgIpc) is 3.30. The van der Waals surface area contributed by atoms with Gasteiger partial charge in [0.15, 0.2) is 0 Å². The van der Waals surface area contributed by atoms with Gasteiger partial charge >= 0.3 is 6.01 Å². The summed E-state index contributed by atoms with van der Waals surface area (Å²) in [5, 5.41) is 10.1. The lowest BCUT2D eigenvalue weighted by atomic mass is 10.0. The summed E-state index contributed by atoms with van der Waals surface area (Å²) in [6.07, 6.45) is 1.16. The summed E-state index contributed by atoms with van der Waals surface area (Å²) in [4.78, 5) is 36.8. The normalized spacial score (nSPS) is 13.7. The fraction of sp³-hybridized carbons (Fsp3) is 0.190. The van der Waals surface area contributed by atoms with E-state index in [0.717, 1.165) is 16.9 Å². The van der Waals surface area contributed by atoms with Crippen molar-refractivity contribution >= 4 is 23.7 Å². The molecule has 0 radical (unpaired) electrons. The van der Waals surface area contributed by atoms with Crippen molar-refractivity contribution in [3.05, 3.63) is 77.2 Å². The van der Waals surface area contributed by atoms with Crippen molar-refractivity contribution < 1.29 is 18.8 Å². The standard InChI is InChI=1S/C21H18N4O4/c26-18-10-11-19(27)25(18)13-17-23-24-21(29-17)22-20(28)16-8-6-15(7-9-16)12-14-4-2-1-3-5-14/h1-9H,10-13H2,(H,22,24,28). The highest BCUT2D eigenvalue weighted by Gasteiger charge is 2.30. The summed E-state index contributed by atoms with van der Waals surface area (Å²) in [5.74, 6) is -0.842. The van der Waals surface area contributed by atoms with Gasteiger partial charge in [0.25, 0.3) is 5.91 Å². The molecule has 1 N–H and O–H groups in total. The van der Waals surface area contributed by atoms with Crippen LogP contribution < -0.4 is 5.32 Å². The number of carbonyl (C=O) groups excluding carboxylic acids is 3. The number of hydrogen-bond acceptors (Lipinski definition) is 6. The minimum atomic E-state index is -0.389. The summed E-state index contributed by atoms with van der Waals surface area (Å²) in [6.45, 7) is -0.0886. The van der Waals surface area contributed by atoms with Gasteiger partial charge < -0.3 is 4.42 Å². The van der Waals surface area contributed by atoms with Crippen LogP contribution in [0.25, 0.3) is 0 Å². The lowest BCUT2D eigenvalue weighted by molar-refractivity contribution is -0.139. The lowest BCUT2D eigenvalue weighted by Gasteiger charge is -2.09. The fourth-order valence-electron chi connectivity index (χ4n) is 3.08. The lowest BCUT2D eigenvalue weighted by Crippen LogP contribution is -2.28. The molecule has 0 spiro atoms. The summed E-state index contributed by atoms with van der Waals surface area (Å²) in [7, 11) is 0. The molecule has 2 heterocycles. The van der Waals surface area contributed by atoms with E-state index in [1.54, 1.807) is 12.1 Å². The van der Waals surface area contributed by atoms with Crippen LogP contribution >= 0.6 is 0 Å². The van der Waals surface area contributed by atoms with E-state index in [2.05, 4.69) is 27.6 Å². The number of anilines is 1. The highest BCUT2D eigenvalue weighted by molar-refractivity contribution is 6.03. The van der Waals surface area contributed by atoms with Gasteiger partial charge in [0.2, 0.25) is 17.7 Å². The van der Waals surface area contributed by atoms with Crippen molar-refractivity contribution in [3.63, 3.8) is 0 Å². The maximum absolute atomic E-state index is 12.4. The molecule has 0 atom stereocenters. The van der Waals surface area contributed by atoms with Crippen LogP contribution in [0.1, 0.15) is 40.2 Å². The Balaban J connectivity index is 1.36. The molecule has 8 nitrogen and oxygen atoms in total. The number of imide groups is 1. The third kappa shape index (κ3) is 4.37. The zero-order valence-corrected chi connectivity index (χ0v) is 15.5. The van der Waals surface area contributed by atoms with E-state index >= 15 is 0 Å². The van der Waals surface area contributed by atoms with Gasteiger partial charge in [-0.3, -0.25) is 24.6 Å². The Morgan fingerprint density at radius 2 is 1.59 bits per heavy atom. The molecule has 0 bridgehead atoms. The molecular formula is C21H18N4O4. The van der Waals surface area contributed by atoms with Crippen LogP contribution in [0, 0.1) is 0 Å². The smallest absolute Gasteiger partial charge is 0.322 e. The number of nitrogens with one attached hydrogen (secondary N) is 1. The molecule has 4 rings (SSSR count). The van der Waals surface area contributed by atoms with Crippen LogP contribution in [-0.4, -0.2) is 32.8 Å². The van der Waals surface area contributed by atoms with Gasteiger partial charge in [0, 0.05) is 18.4 Å². The van der Waals surface area contributed by atoms with Gasteiger partial charge in [-0.2, -0.15) is 0 Å². The minimum Gasteiger partial charge on any atom is -0.406 e. The van der Waals surface area contributed by atoms with Gasteiger partial charge in [-0.25, -0.2) is 0 Å². The van der Waals surface area contributed by atoms with Gasteiger partial charge in [-0.1, -0.05) is 47.6 Å². The van der Waals surface area contributed by atoms with E-state index in [-0.39, 0.29) is 49.0 Å². The number of amides is 3. The summed E-state index contributed by atoms with van der Waals surface area (Å²) in [6, 6.07) is 17.2. The topological polar surface area (TPSA) is 105 Å². The molecule has 3 aromatic rings. The van der Waals surface area contributed by atoms with E-state index in [1.165, 1.54) is 5.56 Å². The predicted molar refractivity (Wildman–Crippen MR) is 103 cm³/mol. The molecule has 1 saturated heterocycles. The number of hydrogen-bond donors (Lipinski definition) is 1. The Hall–Kier alpha value is -3.81. The van der Waals surface area contributed by atoms with Crippen molar-refractivity contribution in [2.75, 3.05) is 5.32 Å². The van der Waals surface area contributed by atoms with Gasteiger partial charge in [-0.05, 0) is 29.7 Å². The summed E-state index contributed by atoms with van der Waals surface area (Å²) in [5.41, 5.74) is 2.73. The first kappa shape index (κ1) is 18.5. The molecule has 0 saturated carbocycles. The number of benzene rings is 2. The predicted octanol–water partition coefficient (Wildman–Crippen LogP) is 2.56. The Morgan fingerprint density at radius 3 is 2.28 bits per heavy atom. The van der Waals surface area contributed by atoms with Crippen molar-refractivity contribution in [2.45, 2.75) is 25.8 Å². The monoisotopic (exact) mass is 390 g/mol. The molecule has 0 aliphatic carbocycles. The first-order chi connectivity index (χ1) is 14.1. The average molecular weight is 390 g/mol. The van der Waals surface area contributed by atoms with Crippen molar-refractivity contribution in [1.29, 1.82) is 0 Å². The number of aromatic nitrogens is 2. The van der Waals surface area contributed by atoms with Crippen molar-refractivity contribution in [1.82, 2.24) is 15.1 Å². The molecule has 8 heteroatoms. The third-order valence-electron chi connectivity index (χ3n) is 4.60. The van der Waals surface area contributed by atoms with Crippen molar-refractivity contribution in [2.24, 2.45) is 0 Å². The number of nitrogens with zero attached hydrogens (tertiary/aromatic N) is 3. The first-order valence-electron chi connectivity index (χ1n) is 9.18. The zero-order valence-electron chi connectivity index (χ0n) is 15.5. The van der Waals surface area contributed by atoms with E-state index in [0.29, 0.717) is 5.56 Å². The molecule has 1 fully saturated rings. The second-order valence-corrected chi connectivity index (χ2v) is 6.69. The molecule has 1 aromatic heterocycles. The second-order valence-electron chi connectivity index (χ2n) is 6.69. The van der Waals surface area contributed by atoms with Gasteiger partial charge in [0.05, 0.1) is 0 Å². The highest BCUT2D eigenvalue weighted by Crippen LogP contribution is 2.17. The Morgan fingerprint density at radius 1 is 0.931 bits per heavy atom. The van der Waals surface area contributed by atoms with Crippen LogP contribution in [0.5, 0.6) is 0 Å². The quantitative estimate of drug-likeness (QED) is 0.649. The van der Waals surface area contributed by atoms with Crippen molar-refractivity contribution in [3.8, 4) is 0 Å². The largest absolute Gasteiger partial charge is 0.406 e. The summed E-state index contributed by atoms with van der Waals surface area (Å²) < 4.78 is 5.34. The first-order valence-corrected chi connectivity index (χ1v) is 9.18. The van der Waals surface area contributed by atoms with Crippen LogP contribution in [0.15, 0.2) is 59.0 Å². The maximum Gasteiger partial charge on any atom is 0.322 e. The Kier molecular flexibility index (Phi) is 5.15. The molecule has 2 aromatic carbocycles. The van der Waals surface area contributed by atoms with Crippen LogP contribution in [0.4, 0.5) is 6.01 Å². The van der Waals surface area contributed by atoms with Crippen LogP contribution in [-0.2, 0) is 22.6 Å². The minimum absolute atomic E-state index is 0.0853. The molecule has 0 unspecified atom stereocenters. The van der Waals surface area contributed by atoms with E-state index in [1.807, 2.05) is 30.3 Å². The third-order valence-corrected chi connectivity index (χ3v) is 4.60. The Bertz CT molecular complexity index is 1030.